The van der Waals surface area contributed by atoms with Crippen molar-refractivity contribution in [2.24, 2.45) is 29.4 Å². The third-order valence-corrected chi connectivity index (χ3v) is 9.44. The van der Waals surface area contributed by atoms with Gasteiger partial charge in [0.05, 0.1) is 24.1 Å². The van der Waals surface area contributed by atoms with Gasteiger partial charge in [-0.25, -0.2) is 0 Å². The van der Waals surface area contributed by atoms with Crippen molar-refractivity contribution in [2.75, 3.05) is 20.6 Å². The number of hydrogen-bond donors (Lipinski definition) is 4. The van der Waals surface area contributed by atoms with E-state index in [4.69, 9.17) is 5.73 Å². The molecule has 5 rings (SSSR count). The van der Waals surface area contributed by atoms with E-state index in [1.54, 1.807) is 24.3 Å². The van der Waals surface area contributed by atoms with E-state index < -0.39 is 82.8 Å². The first kappa shape index (κ1) is 32.5. The van der Waals surface area contributed by atoms with Crippen molar-refractivity contribution in [1.29, 1.82) is 0 Å². The fourth-order valence-corrected chi connectivity index (χ4v) is 7.50. The number of amides is 1. The summed E-state index contributed by atoms with van der Waals surface area (Å²) in [7, 11) is 3.02. The Labute approximate surface area is 256 Å². The van der Waals surface area contributed by atoms with Gasteiger partial charge < -0.3 is 21.3 Å². The molecule has 0 heterocycles. The normalized spacial score (nSPS) is 28.1. The second kappa shape index (κ2) is 11.5. The van der Waals surface area contributed by atoms with Crippen LogP contribution < -0.4 is 11.1 Å². The van der Waals surface area contributed by atoms with Gasteiger partial charge in [0, 0.05) is 12.5 Å². The first-order valence-electron chi connectivity index (χ1n) is 14.6. The van der Waals surface area contributed by atoms with Gasteiger partial charge in [-0.1, -0.05) is 25.1 Å². The number of carbonyl (C=O) groups is 5. The summed E-state index contributed by atoms with van der Waals surface area (Å²) in [4.78, 5) is 68.4. The quantitative estimate of drug-likeness (QED) is 0.334. The van der Waals surface area contributed by atoms with Gasteiger partial charge >= 0.3 is 6.18 Å². The number of hydrogen-bond acceptors (Lipinski definition) is 9. The molecule has 2 aromatic rings. The molecule has 1 amide bonds. The third kappa shape index (κ3) is 5.26. The molecule has 2 saturated carbocycles. The van der Waals surface area contributed by atoms with Crippen LogP contribution in [-0.2, 0) is 38.6 Å². The number of nitrogens with zero attached hydrogens (tertiary/aromatic N) is 1. The Morgan fingerprint density at radius 2 is 1.78 bits per heavy atom. The highest BCUT2D eigenvalue weighted by Crippen LogP contribution is 2.52. The van der Waals surface area contributed by atoms with E-state index in [0.717, 1.165) is 5.56 Å². The molecule has 0 aromatic heterocycles. The number of alkyl halides is 3. The predicted molar refractivity (Wildman–Crippen MR) is 154 cm³/mol. The van der Waals surface area contributed by atoms with Crippen molar-refractivity contribution >= 4 is 29.0 Å². The fraction of sp³-hybridized carbons (Fsp3) is 0.469. The van der Waals surface area contributed by atoms with Gasteiger partial charge in [0.25, 0.3) is 0 Å². The Morgan fingerprint density at radius 3 is 2.38 bits per heavy atom. The van der Waals surface area contributed by atoms with Crippen LogP contribution in [-0.4, -0.2) is 82.6 Å². The van der Waals surface area contributed by atoms with Crippen LogP contribution >= 0.6 is 0 Å². The number of Topliss-reactive ketones (excluding diaryl/α,β-unsaturated/α-hetero) is 4. The zero-order valence-electron chi connectivity index (χ0n) is 24.9. The number of phenols is 1. The number of aryl methyl sites for hydroxylation is 1. The molecule has 13 heteroatoms. The molecule has 0 bridgehead atoms. The Hall–Kier alpha value is -3.94. The SMILES string of the molecule is CCc1ccc(CNCC(F)(F)F)cc1-c1ccc(O)c2c1CC1CC3C(N(C)C)C(=O)C(C(N)=O)C(=O)C3(O)C(=O)C1C2=O. The molecule has 240 valence electrons. The number of primary amides is 1. The van der Waals surface area contributed by atoms with E-state index in [1.807, 2.05) is 6.92 Å². The maximum Gasteiger partial charge on any atom is 0.401 e. The number of likely N-dealkylation sites (N-methyl/N-ethyl adjacent to an activating group) is 1. The molecule has 10 nitrogen and oxygen atoms in total. The number of nitrogens with two attached hydrogens (primary N) is 1. The highest BCUT2D eigenvalue weighted by atomic mass is 19.4. The van der Waals surface area contributed by atoms with E-state index in [0.29, 0.717) is 28.7 Å². The second-order valence-corrected chi connectivity index (χ2v) is 12.3. The lowest BCUT2D eigenvalue weighted by atomic mass is 9.52. The van der Waals surface area contributed by atoms with Crippen LogP contribution in [0.5, 0.6) is 5.75 Å². The lowest BCUT2D eigenvalue weighted by Crippen LogP contribution is -2.74. The van der Waals surface area contributed by atoms with Crippen molar-refractivity contribution < 1.29 is 47.4 Å². The van der Waals surface area contributed by atoms with Crippen molar-refractivity contribution in [2.45, 2.75) is 50.6 Å². The number of carbonyl (C=O) groups excluding carboxylic acids is 5. The van der Waals surface area contributed by atoms with Crippen molar-refractivity contribution in [3.05, 3.63) is 52.6 Å². The van der Waals surface area contributed by atoms with Gasteiger partial charge in [-0.15, -0.1) is 0 Å². The third-order valence-electron chi connectivity index (χ3n) is 9.44. The summed E-state index contributed by atoms with van der Waals surface area (Å²) < 4.78 is 38.2. The minimum absolute atomic E-state index is 0.0648. The number of nitrogens with one attached hydrogen (secondary N) is 1. The van der Waals surface area contributed by atoms with E-state index in [2.05, 4.69) is 5.32 Å². The number of halogens is 3. The zero-order valence-corrected chi connectivity index (χ0v) is 24.9. The van der Waals surface area contributed by atoms with E-state index in [1.165, 1.54) is 25.1 Å². The Balaban J connectivity index is 1.60. The second-order valence-electron chi connectivity index (χ2n) is 12.3. The maximum absolute atomic E-state index is 14.1. The minimum Gasteiger partial charge on any atom is -0.507 e. The van der Waals surface area contributed by atoms with Crippen molar-refractivity contribution in [1.82, 2.24) is 10.2 Å². The fourth-order valence-electron chi connectivity index (χ4n) is 7.50. The molecule has 2 fully saturated rings. The highest BCUT2D eigenvalue weighted by molar-refractivity contribution is 6.32. The number of phenolic OH excluding ortho intramolecular Hbond substituents is 1. The van der Waals surface area contributed by atoms with Crippen LogP contribution in [0.1, 0.15) is 40.4 Å². The highest BCUT2D eigenvalue weighted by Gasteiger charge is 2.69. The molecule has 3 aliphatic rings. The summed E-state index contributed by atoms with van der Waals surface area (Å²) in [6, 6.07) is 6.90. The van der Waals surface area contributed by atoms with Crippen LogP contribution in [0.2, 0.25) is 0 Å². The monoisotopic (exact) mass is 629 g/mol. The summed E-state index contributed by atoms with van der Waals surface area (Å²) in [6.07, 6.45) is -3.87. The maximum atomic E-state index is 14.1. The molecular weight excluding hydrogens is 595 g/mol. The number of aromatic hydroxyl groups is 1. The first-order chi connectivity index (χ1) is 21.0. The largest absolute Gasteiger partial charge is 0.507 e. The molecule has 3 aliphatic carbocycles. The Morgan fingerprint density at radius 1 is 1.09 bits per heavy atom. The summed E-state index contributed by atoms with van der Waals surface area (Å²) >= 11 is 0. The molecule has 0 saturated heterocycles. The summed E-state index contributed by atoms with van der Waals surface area (Å²) in [6.45, 7) is 0.646. The zero-order chi connectivity index (χ0) is 33.2. The van der Waals surface area contributed by atoms with Crippen LogP contribution in [0.15, 0.2) is 30.3 Å². The van der Waals surface area contributed by atoms with Gasteiger partial charge in [-0.2, -0.15) is 13.2 Å². The smallest absolute Gasteiger partial charge is 0.401 e. The van der Waals surface area contributed by atoms with E-state index in [-0.39, 0.29) is 24.9 Å². The number of fused-ring (bicyclic) bond motifs is 3. The summed E-state index contributed by atoms with van der Waals surface area (Å²) in [5.41, 5.74) is 5.38. The molecule has 0 aliphatic heterocycles. The number of rotatable bonds is 7. The predicted octanol–water partition coefficient (Wildman–Crippen LogP) is 1.75. The van der Waals surface area contributed by atoms with Crippen LogP contribution in [0.4, 0.5) is 13.2 Å². The van der Waals surface area contributed by atoms with Crippen LogP contribution in [0.25, 0.3) is 11.1 Å². The molecule has 5 N–H and O–H groups in total. The van der Waals surface area contributed by atoms with Crippen LogP contribution in [0, 0.1) is 23.7 Å². The summed E-state index contributed by atoms with van der Waals surface area (Å²) in [5, 5.41) is 25.0. The lowest BCUT2D eigenvalue weighted by molar-refractivity contribution is -0.181. The topological polar surface area (TPSA) is 167 Å². The summed E-state index contributed by atoms with van der Waals surface area (Å²) in [5.74, 6) is -11.4. The molecule has 2 aromatic carbocycles. The van der Waals surface area contributed by atoms with Gasteiger partial charge in [-0.05, 0) is 79.2 Å². The lowest BCUT2D eigenvalue weighted by Gasteiger charge is -2.52. The minimum atomic E-state index is -4.39. The van der Waals surface area contributed by atoms with Gasteiger partial charge in [-0.3, -0.25) is 28.9 Å². The van der Waals surface area contributed by atoms with Gasteiger partial charge in [0.2, 0.25) is 5.91 Å². The molecule has 45 heavy (non-hydrogen) atoms. The Bertz CT molecular complexity index is 1620. The molecular formula is C32H34F3N3O7. The van der Waals surface area contributed by atoms with Crippen molar-refractivity contribution in [3.63, 3.8) is 0 Å². The molecule has 6 atom stereocenters. The van der Waals surface area contributed by atoms with E-state index >= 15 is 0 Å². The number of benzene rings is 2. The molecule has 0 radical (unpaired) electrons. The van der Waals surface area contributed by atoms with Crippen LogP contribution in [0.3, 0.4) is 0 Å². The number of ketones is 4. The van der Waals surface area contributed by atoms with Gasteiger partial charge in [0.1, 0.15) is 5.75 Å². The average Bonchev–Trinajstić information content (AvgIpc) is 2.94. The number of aliphatic hydroxyl groups is 1. The average molecular weight is 630 g/mol. The molecule has 6 unspecified atom stereocenters. The van der Waals surface area contributed by atoms with Gasteiger partial charge in [0.15, 0.2) is 34.7 Å². The molecule has 0 spiro atoms. The van der Waals surface area contributed by atoms with E-state index in [9.17, 15) is 47.4 Å². The first-order valence-corrected chi connectivity index (χ1v) is 14.6. The Kier molecular flexibility index (Phi) is 8.26. The van der Waals surface area contributed by atoms with Crippen molar-refractivity contribution in [3.8, 4) is 16.9 Å². The standard InChI is InChI=1S/C32H34F3N3O7/c1-4-15-6-5-14(12-37-13-31(33,34)35)9-18(15)17-7-8-21(39)23-19(17)10-16-11-20-25(38(2)3)27(41)24(30(36)44)29(43)32(20,45)28(42)22(16)26(23)40/h5-9,16,20,22,24-25,37,39,45H,4,10-13H2,1-3H3,(H2,36,44).